The number of nitrogens with zero attached hydrogens (tertiary/aromatic N) is 2. The summed E-state index contributed by atoms with van der Waals surface area (Å²) in [7, 11) is 1.55. The zero-order valence-electron chi connectivity index (χ0n) is 14.2. The number of nitrogens with two attached hydrogens (primary N) is 1. The van der Waals surface area contributed by atoms with Gasteiger partial charge in [0.1, 0.15) is 11.9 Å². The SMILES string of the molecule is COCC(N)C(=O)N1CCCC1c1ncc(-c2cccc(C)c2)[nH]1. The van der Waals surface area contributed by atoms with E-state index in [-0.39, 0.29) is 18.6 Å². The van der Waals surface area contributed by atoms with Crippen molar-refractivity contribution in [1.29, 1.82) is 0 Å². The lowest BCUT2D eigenvalue weighted by molar-refractivity contribution is -0.134. The van der Waals surface area contributed by atoms with Crippen LogP contribution in [0.4, 0.5) is 0 Å². The first-order valence-corrected chi connectivity index (χ1v) is 8.27. The smallest absolute Gasteiger partial charge is 0.242 e. The van der Waals surface area contributed by atoms with E-state index in [1.807, 2.05) is 17.2 Å². The highest BCUT2D eigenvalue weighted by atomic mass is 16.5. The Bertz CT molecular complexity index is 713. The normalized spacial score (nSPS) is 18.8. The molecule has 1 fully saturated rings. The van der Waals surface area contributed by atoms with Crippen LogP contribution in [0.3, 0.4) is 0 Å². The molecule has 6 nitrogen and oxygen atoms in total. The molecular formula is C18H24N4O2. The number of H-pyrrole nitrogens is 1. The minimum Gasteiger partial charge on any atom is -0.383 e. The highest BCUT2D eigenvalue weighted by Gasteiger charge is 2.34. The highest BCUT2D eigenvalue weighted by molar-refractivity contribution is 5.82. The van der Waals surface area contributed by atoms with Gasteiger partial charge in [0, 0.05) is 13.7 Å². The molecule has 2 unspecified atom stereocenters. The van der Waals surface area contributed by atoms with Gasteiger partial charge in [-0.05, 0) is 31.4 Å². The van der Waals surface area contributed by atoms with E-state index in [9.17, 15) is 4.79 Å². The van der Waals surface area contributed by atoms with Crippen LogP contribution in [0.25, 0.3) is 11.3 Å². The number of imidazole rings is 1. The quantitative estimate of drug-likeness (QED) is 0.879. The average Bonchev–Trinajstić information content (AvgIpc) is 3.23. The van der Waals surface area contributed by atoms with Gasteiger partial charge in [-0.25, -0.2) is 4.98 Å². The summed E-state index contributed by atoms with van der Waals surface area (Å²) in [6.07, 6.45) is 3.68. The number of carbonyl (C=O) groups is 1. The molecule has 1 aromatic heterocycles. The van der Waals surface area contributed by atoms with Crippen molar-refractivity contribution in [2.45, 2.75) is 31.8 Å². The molecule has 2 aromatic rings. The maximum Gasteiger partial charge on any atom is 0.242 e. The van der Waals surface area contributed by atoms with E-state index in [1.54, 1.807) is 7.11 Å². The Morgan fingerprint density at radius 2 is 2.38 bits per heavy atom. The summed E-state index contributed by atoms with van der Waals surface area (Å²) in [5.41, 5.74) is 9.18. The van der Waals surface area contributed by atoms with Crippen LogP contribution < -0.4 is 5.73 Å². The van der Waals surface area contributed by atoms with E-state index in [4.69, 9.17) is 10.5 Å². The van der Waals surface area contributed by atoms with Crippen molar-refractivity contribution in [1.82, 2.24) is 14.9 Å². The predicted molar refractivity (Wildman–Crippen MR) is 92.3 cm³/mol. The van der Waals surface area contributed by atoms with E-state index < -0.39 is 6.04 Å². The number of ether oxygens (including phenoxy) is 1. The summed E-state index contributed by atoms with van der Waals surface area (Å²) in [5.74, 6) is 0.745. The van der Waals surface area contributed by atoms with Crippen molar-refractivity contribution in [2.75, 3.05) is 20.3 Å². The number of hydrogen-bond donors (Lipinski definition) is 2. The molecule has 2 atom stereocenters. The predicted octanol–water partition coefficient (Wildman–Crippen LogP) is 2.02. The number of aryl methyl sites for hydroxylation is 1. The fraction of sp³-hybridized carbons (Fsp3) is 0.444. The van der Waals surface area contributed by atoms with Crippen molar-refractivity contribution in [3.8, 4) is 11.3 Å². The van der Waals surface area contributed by atoms with Crippen LogP contribution in [-0.4, -0.2) is 47.1 Å². The van der Waals surface area contributed by atoms with Crippen LogP contribution in [0.1, 0.15) is 30.3 Å². The van der Waals surface area contributed by atoms with Crippen LogP contribution in [0.15, 0.2) is 30.5 Å². The van der Waals surface area contributed by atoms with Gasteiger partial charge in [-0.15, -0.1) is 0 Å². The Kier molecular flexibility index (Phi) is 4.97. The van der Waals surface area contributed by atoms with Gasteiger partial charge in [0.25, 0.3) is 0 Å². The number of rotatable bonds is 5. The molecule has 0 aliphatic carbocycles. The Hall–Kier alpha value is -2.18. The minimum absolute atomic E-state index is 0.0426. The fourth-order valence-electron chi connectivity index (χ4n) is 3.24. The van der Waals surface area contributed by atoms with E-state index in [1.165, 1.54) is 5.56 Å². The second-order valence-electron chi connectivity index (χ2n) is 6.30. The van der Waals surface area contributed by atoms with Gasteiger partial charge >= 0.3 is 0 Å². The Morgan fingerprint density at radius 3 is 3.12 bits per heavy atom. The Morgan fingerprint density at radius 1 is 1.54 bits per heavy atom. The van der Waals surface area contributed by atoms with Gasteiger partial charge < -0.3 is 20.4 Å². The zero-order chi connectivity index (χ0) is 17.1. The number of carbonyl (C=O) groups excluding carboxylic acids is 1. The maximum absolute atomic E-state index is 12.5. The molecule has 0 radical (unpaired) electrons. The van der Waals surface area contributed by atoms with Crippen LogP contribution in [0, 0.1) is 6.92 Å². The fourth-order valence-corrected chi connectivity index (χ4v) is 3.24. The van der Waals surface area contributed by atoms with E-state index >= 15 is 0 Å². The molecule has 128 valence electrons. The second-order valence-corrected chi connectivity index (χ2v) is 6.30. The molecule has 1 saturated heterocycles. The molecule has 0 saturated carbocycles. The summed E-state index contributed by atoms with van der Waals surface area (Å²) >= 11 is 0. The number of amides is 1. The molecule has 3 rings (SSSR count). The minimum atomic E-state index is -0.623. The van der Waals surface area contributed by atoms with Gasteiger partial charge in [-0.1, -0.05) is 23.8 Å². The van der Waals surface area contributed by atoms with Crippen molar-refractivity contribution in [3.05, 3.63) is 41.9 Å². The van der Waals surface area contributed by atoms with Crippen molar-refractivity contribution in [2.24, 2.45) is 5.73 Å². The van der Waals surface area contributed by atoms with E-state index in [0.717, 1.165) is 29.9 Å². The monoisotopic (exact) mass is 328 g/mol. The lowest BCUT2D eigenvalue weighted by Gasteiger charge is -2.26. The standard InChI is InChI=1S/C18H24N4O2/c1-12-5-3-6-13(9-12)15-10-20-17(21-15)16-7-4-8-22(16)18(23)14(19)11-24-2/h3,5-6,9-10,14,16H,4,7-8,11,19H2,1-2H3,(H,20,21). The molecule has 1 aromatic carbocycles. The second kappa shape index (κ2) is 7.15. The molecule has 1 aliphatic rings. The number of likely N-dealkylation sites (tertiary alicyclic amines) is 1. The molecule has 0 spiro atoms. The summed E-state index contributed by atoms with van der Waals surface area (Å²) in [5, 5.41) is 0. The number of nitrogens with one attached hydrogen (secondary N) is 1. The molecule has 1 aliphatic heterocycles. The van der Waals surface area contributed by atoms with E-state index in [0.29, 0.717) is 6.54 Å². The third kappa shape index (κ3) is 3.34. The third-order valence-corrected chi connectivity index (χ3v) is 4.44. The van der Waals surface area contributed by atoms with Gasteiger partial charge in [-0.3, -0.25) is 4.79 Å². The van der Waals surface area contributed by atoms with Crippen LogP contribution in [-0.2, 0) is 9.53 Å². The molecule has 3 N–H and O–H groups in total. The molecule has 6 heteroatoms. The Balaban J connectivity index is 1.80. The first kappa shape index (κ1) is 16.7. The van der Waals surface area contributed by atoms with Gasteiger partial charge in [0.15, 0.2) is 0 Å². The topological polar surface area (TPSA) is 84.2 Å². The number of aromatic nitrogens is 2. The van der Waals surface area contributed by atoms with Crippen LogP contribution in [0.5, 0.6) is 0 Å². The van der Waals surface area contributed by atoms with Gasteiger partial charge in [-0.2, -0.15) is 0 Å². The highest BCUT2D eigenvalue weighted by Crippen LogP contribution is 2.32. The average molecular weight is 328 g/mol. The molecular weight excluding hydrogens is 304 g/mol. The van der Waals surface area contributed by atoms with Crippen LogP contribution in [0.2, 0.25) is 0 Å². The first-order valence-electron chi connectivity index (χ1n) is 8.27. The lowest BCUT2D eigenvalue weighted by Crippen LogP contribution is -2.45. The molecule has 1 amide bonds. The van der Waals surface area contributed by atoms with E-state index in [2.05, 4.69) is 35.1 Å². The largest absolute Gasteiger partial charge is 0.383 e. The molecule has 2 heterocycles. The number of methoxy groups -OCH3 is 1. The van der Waals surface area contributed by atoms with Crippen molar-refractivity contribution < 1.29 is 9.53 Å². The zero-order valence-corrected chi connectivity index (χ0v) is 14.2. The van der Waals surface area contributed by atoms with Crippen LogP contribution >= 0.6 is 0 Å². The van der Waals surface area contributed by atoms with Crippen molar-refractivity contribution in [3.63, 3.8) is 0 Å². The first-order chi connectivity index (χ1) is 11.6. The lowest BCUT2D eigenvalue weighted by atomic mass is 10.1. The third-order valence-electron chi connectivity index (χ3n) is 4.44. The summed E-state index contributed by atoms with van der Waals surface area (Å²) in [6.45, 7) is 3.01. The number of hydrogen-bond acceptors (Lipinski definition) is 4. The summed E-state index contributed by atoms with van der Waals surface area (Å²) in [6, 6.07) is 7.59. The summed E-state index contributed by atoms with van der Waals surface area (Å²) in [4.78, 5) is 22.2. The maximum atomic E-state index is 12.5. The number of benzene rings is 1. The molecule has 24 heavy (non-hydrogen) atoms. The van der Waals surface area contributed by atoms with Gasteiger partial charge in [0.2, 0.25) is 5.91 Å². The van der Waals surface area contributed by atoms with Gasteiger partial charge in [0.05, 0.1) is 24.5 Å². The number of aromatic amines is 1. The van der Waals surface area contributed by atoms with Crippen molar-refractivity contribution >= 4 is 5.91 Å². The Labute approximate surface area is 142 Å². The summed E-state index contributed by atoms with van der Waals surface area (Å²) < 4.78 is 5.00. The molecule has 0 bridgehead atoms.